The zero-order valence-electron chi connectivity index (χ0n) is 20.5. The summed E-state index contributed by atoms with van der Waals surface area (Å²) in [6.45, 7) is 6.44. The number of hydrogen-bond donors (Lipinski definition) is 2. The molecule has 4 rings (SSSR count). The van der Waals surface area contributed by atoms with Crippen molar-refractivity contribution in [3.8, 4) is 5.75 Å². The van der Waals surface area contributed by atoms with Gasteiger partial charge in [-0.2, -0.15) is 0 Å². The Morgan fingerprint density at radius 2 is 2.05 bits per heavy atom. The molecule has 0 unspecified atom stereocenters. The molecule has 2 aromatic rings. The summed E-state index contributed by atoms with van der Waals surface area (Å²) in [6.07, 6.45) is 1.48. The van der Waals surface area contributed by atoms with Gasteiger partial charge in [-0.3, -0.25) is 10.2 Å². The summed E-state index contributed by atoms with van der Waals surface area (Å²) in [7, 11) is 0. The zero-order chi connectivity index (χ0) is 26.1. The Balaban J connectivity index is 1.72. The van der Waals surface area contributed by atoms with Gasteiger partial charge >= 0.3 is 0 Å². The number of ether oxygens (including phenoxy) is 3. The molecule has 2 aliphatic rings. The average molecular weight is 507 g/mol. The summed E-state index contributed by atoms with van der Waals surface area (Å²) in [5, 5.41) is 14.6. The van der Waals surface area contributed by atoms with Crippen LogP contribution in [-0.2, 0) is 14.3 Å². The second kappa shape index (κ2) is 12.4. The number of hydrazine groups is 1. The minimum absolute atomic E-state index is 0.0549. The van der Waals surface area contributed by atoms with Crippen LogP contribution in [0.1, 0.15) is 30.1 Å². The third kappa shape index (κ3) is 5.92. The van der Waals surface area contributed by atoms with Crippen molar-refractivity contribution in [1.82, 2.24) is 10.4 Å². The van der Waals surface area contributed by atoms with Crippen molar-refractivity contribution in [1.29, 1.82) is 0 Å². The number of nitrogens with zero attached hydrogens (tertiary/aromatic N) is 5. The third-order valence-corrected chi connectivity index (χ3v) is 6.13. The van der Waals surface area contributed by atoms with Crippen molar-refractivity contribution in [3.05, 3.63) is 82.8 Å². The fourth-order valence-electron chi connectivity index (χ4n) is 4.28. The van der Waals surface area contributed by atoms with Crippen LogP contribution in [-0.4, -0.2) is 67.0 Å². The van der Waals surface area contributed by atoms with E-state index in [1.807, 2.05) is 0 Å². The largest absolute Gasteiger partial charge is 0.494 e. The standard InChI is InChI=1S/C26H30N6O5/c1-2-12-26(25(34)30-32-13-17-35-18-14-32)23(21-6-3-4-7-22(21)29-31-27)37-24(28-26)19-8-10-20(11-9-19)36-16-5-15-33/h2-4,6-11,23,33H,1,5,12-18H2,(H,30,34)/t23-,26-/m0/s1. The number of nitrogens with one attached hydrogen (secondary N) is 1. The van der Waals surface area contributed by atoms with Gasteiger partial charge in [0.05, 0.1) is 19.8 Å². The van der Waals surface area contributed by atoms with Crippen LogP contribution < -0.4 is 10.2 Å². The molecule has 2 N–H and O–H groups in total. The van der Waals surface area contributed by atoms with Crippen LogP contribution >= 0.6 is 0 Å². The summed E-state index contributed by atoms with van der Waals surface area (Å²) < 4.78 is 17.4. The van der Waals surface area contributed by atoms with E-state index in [1.54, 1.807) is 59.6 Å². The number of hydrogen-bond acceptors (Lipinski definition) is 8. The van der Waals surface area contributed by atoms with Crippen LogP contribution in [0.5, 0.6) is 5.75 Å². The summed E-state index contributed by atoms with van der Waals surface area (Å²) in [6, 6.07) is 14.2. The second-order valence-electron chi connectivity index (χ2n) is 8.57. The van der Waals surface area contributed by atoms with Crippen molar-refractivity contribution >= 4 is 17.5 Å². The molecule has 1 fully saturated rings. The first-order valence-electron chi connectivity index (χ1n) is 12.1. The number of amides is 1. The van der Waals surface area contributed by atoms with E-state index in [0.717, 1.165) is 0 Å². The minimum Gasteiger partial charge on any atom is -0.494 e. The topological polar surface area (TPSA) is 141 Å². The van der Waals surface area contributed by atoms with E-state index in [9.17, 15) is 4.79 Å². The molecule has 37 heavy (non-hydrogen) atoms. The van der Waals surface area contributed by atoms with Crippen molar-refractivity contribution < 1.29 is 24.1 Å². The molecule has 0 aromatic heterocycles. The van der Waals surface area contributed by atoms with E-state index >= 15 is 0 Å². The Kier molecular flexibility index (Phi) is 8.76. The predicted molar refractivity (Wildman–Crippen MR) is 137 cm³/mol. The second-order valence-corrected chi connectivity index (χ2v) is 8.57. The lowest BCUT2D eigenvalue weighted by molar-refractivity contribution is -0.136. The van der Waals surface area contributed by atoms with Gasteiger partial charge in [0.15, 0.2) is 11.6 Å². The SMILES string of the molecule is C=CC[C@]1(C(=O)NN2CCOCC2)N=C(c2ccc(OCCCO)cc2)O[C@H]1c1ccccc1N=[N+]=[N-]. The Hall–Kier alpha value is -3.89. The number of carbonyl (C=O) groups is 1. The molecule has 194 valence electrons. The maximum absolute atomic E-state index is 13.9. The van der Waals surface area contributed by atoms with Gasteiger partial charge in [-0.15, -0.1) is 6.58 Å². The molecule has 0 saturated carbocycles. The molecule has 0 spiro atoms. The van der Waals surface area contributed by atoms with E-state index in [-0.39, 0.29) is 24.8 Å². The van der Waals surface area contributed by atoms with Crippen molar-refractivity contribution in [3.63, 3.8) is 0 Å². The van der Waals surface area contributed by atoms with Gasteiger partial charge in [0.1, 0.15) is 5.75 Å². The molecule has 0 radical (unpaired) electrons. The van der Waals surface area contributed by atoms with Gasteiger partial charge in [0.25, 0.3) is 5.91 Å². The van der Waals surface area contributed by atoms with E-state index in [0.29, 0.717) is 61.9 Å². The van der Waals surface area contributed by atoms with E-state index in [4.69, 9.17) is 29.8 Å². The highest BCUT2D eigenvalue weighted by Crippen LogP contribution is 2.45. The average Bonchev–Trinajstić information content (AvgIpc) is 3.31. The van der Waals surface area contributed by atoms with Crippen LogP contribution in [0.2, 0.25) is 0 Å². The van der Waals surface area contributed by atoms with E-state index in [1.165, 1.54) is 0 Å². The lowest BCUT2D eigenvalue weighted by atomic mass is 9.84. The van der Waals surface area contributed by atoms with Gasteiger partial charge in [-0.25, -0.2) is 10.0 Å². The van der Waals surface area contributed by atoms with Crippen molar-refractivity contribution in [2.75, 3.05) is 39.5 Å². The number of morpholine rings is 1. The van der Waals surface area contributed by atoms with E-state index in [2.05, 4.69) is 22.0 Å². The maximum atomic E-state index is 13.9. The van der Waals surface area contributed by atoms with Crippen LogP contribution in [0, 0.1) is 0 Å². The van der Waals surface area contributed by atoms with Crippen LogP contribution in [0.3, 0.4) is 0 Å². The molecule has 1 saturated heterocycles. The number of aliphatic imine (C=N–C) groups is 1. The minimum atomic E-state index is -1.40. The highest BCUT2D eigenvalue weighted by molar-refractivity contribution is 6.01. The van der Waals surface area contributed by atoms with Gasteiger partial charge in [-0.05, 0) is 29.8 Å². The number of carbonyl (C=O) groups excluding carboxylic acids is 1. The summed E-state index contributed by atoms with van der Waals surface area (Å²) in [4.78, 5) is 21.7. The maximum Gasteiger partial charge on any atom is 0.266 e. The quantitative estimate of drug-likeness (QED) is 0.157. The lowest BCUT2D eigenvalue weighted by Gasteiger charge is -2.34. The number of rotatable bonds is 11. The normalized spacial score (nSPS) is 21.3. The molecule has 2 aromatic carbocycles. The molecule has 1 amide bonds. The Morgan fingerprint density at radius 1 is 1.30 bits per heavy atom. The van der Waals surface area contributed by atoms with Crippen LogP contribution in [0.4, 0.5) is 5.69 Å². The van der Waals surface area contributed by atoms with Crippen LogP contribution in [0.25, 0.3) is 10.4 Å². The number of aliphatic hydroxyl groups excluding tert-OH is 1. The summed E-state index contributed by atoms with van der Waals surface area (Å²) >= 11 is 0. The van der Waals surface area contributed by atoms with Gasteiger partial charge < -0.3 is 19.3 Å². The van der Waals surface area contributed by atoms with Gasteiger partial charge in [-0.1, -0.05) is 35.5 Å². The molecule has 2 aliphatic heterocycles. The first kappa shape index (κ1) is 26.2. The smallest absolute Gasteiger partial charge is 0.266 e. The van der Waals surface area contributed by atoms with Gasteiger partial charge in [0, 0.05) is 54.3 Å². The Morgan fingerprint density at radius 3 is 2.76 bits per heavy atom. The molecular weight excluding hydrogens is 476 g/mol. The zero-order valence-corrected chi connectivity index (χ0v) is 20.5. The highest BCUT2D eigenvalue weighted by atomic mass is 16.5. The van der Waals surface area contributed by atoms with Crippen LogP contribution in [0.15, 0.2) is 71.3 Å². The molecule has 11 nitrogen and oxygen atoms in total. The molecule has 11 heteroatoms. The molecule has 0 bridgehead atoms. The number of benzene rings is 2. The molecule has 0 aliphatic carbocycles. The number of aliphatic hydroxyl groups is 1. The van der Waals surface area contributed by atoms with Crippen molar-refractivity contribution in [2.45, 2.75) is 24.5 Å². The first-order chi connectivity index (χ1) is 18.1. The Bertz CT molecular complexity index is 1170. The fourth-order valence-corrected chi connectivity index (χ4v) is 4.28. The van der Waals surface area contributed by atoms with Crippen molar-refractivity contribution in [2.24, 2.45) is 10.1 Å². The van der Waals surface area contributed by atoms with Gasteiger partial charge in [0.2, 0.25) is 5.90 Å². The summed E-state index contributed by atoms with van der Waals surface area (Å²) in [5.74, 6) is 0.569. The summed E-state index contributed by atoms with van der Waals surface area (Å²) in [5.41, 5.74) is 12.3. The molecular formula is C26H30N6O5. The predicted octanol–water partition coefficient (Wildman–Crippen LogP) is 3.59. The first-order valence-corrected chi connectivity index (χ1v) is 12.1. The van der Waals surface area contributed by atoms with E-state index < -0.39 is 11.6 Å². The third-order valence-electron chi connectivity index (χ3n) is 6.13. The Labute approximate surface area is 215 Å². The number of azide groups is 1. The monoisotopic (exact) mass is 506 g/mol. The highest BCUT2D eigenvalue weighted by Gasteiger charge is 2.53. The lowest BCUT2D eigenvalue weighted by Crippen LogP contribution is -2.56. The molecule has 2 heterocycles. The fraction of sp³-hybridized carbons (Fsp3) is 0.385. The molecule has 2 atom stereocenters.